The van der Waals surface area contributed by atoms with Crippen molar-refractivity contribution in [3.63, 3.8) is 0 Å². The Morgan fingerprint density at radius 3 is 2.29 bits per heavy atom. The van der Waals surface area contributed by atoms with E-state index in [1.807, 2.05) is 4.57 Å². The molecule has 1 saturated carbocycles. The van der Waals surface area contributed by atoms with Gasteiger partial charge >= 0.3 is 5.97 Å². The van der Waals surface area contributed by atoms with Crippen molar-refractivity contribution in [3.8, 4) is 0 Å². The molecule has 0 spiro atoms. The number of hydrogen-bond acceptors (Lipinski definition) is 6. The van der Waals surface area contributed by atoms with E-state index in [4.69, 9.17) is 4.55 Å². The summed E-state index contributed by atoms with van der Waals surface area (Å²) in [5, 5.41) is 9.48. The lowest BCUT2D eigenvalue weighted by Crippen LogP contribution is -2.44. The molecule has 1 aromatic heterocycles. The van der Waals surface area contributed by atoms with Crippen molar-refractivity contribution in [1.29, 1.82) is 0 Å². The van der Waals surface area contributed by atoms with Crippen molar-refractivity contribution in [2.75, 3.05) is 31.3 Å². The Bertz CT molecular complexity index is 1210. The molecule has 168 valence electrons. The first-order valence-electron chi connectivity index (χ1n) is 9.95. The minimum atomic E-state index is -3.67. The summed E-state index contributed by atoms with van der Waals surface area (Å²) < 4.78 is 42.6. The second kappa shape index (κ2) is 7.57. The molecule has 0 unspecified atom stereocenters. The Kier molecular flexibility index (Phi) is 5.31. The molecule has 2 N–H and O–H groups in total. The third-order valence-corrected chi connectivity index (χ3v) is 6.10. The van der Waals surface area contributed by atoms with Gasteiger partial charge in [-0.25, -0.2) is 9.18 Å². The molecule has 9 nitrogen and oxygen atoms in total. The maximum absolute atomic E-state index is 14.9. The van der Waals surface area contributed by atoms with Crippen molar-refractivity contribution in [2.24, 2.45) is 0 Å². The van der Waals surface area contributed by atoms with Gasteiger partial charge in [-0.15, -0.1) is 0 Å². The molecule has 5 rings (SSSR count). The van der Waals surface area contributed by atoms with Crippen LogP contribution in [-0.4, -0.2) is 72.0 Å². The largest absolute Gasteiger partial charge is 0.477 e. The molecule has 2 atom stereocenters. The Hall–Kier alpha value is -2.50. The molecular weight excluding hydrogens is 429 g/mol. The maximum atomic E-state index is 14.9. The first-order chi connectivity index (χ1) is 14.4. The molecule has 1 aliphatic carbocycles. The summed E-state index contributed by atoms with van der Waals surface area (Å²) in [4.78, 5) is 28.4. The lowest BCUT2D eigenvalue weighted by molar-refractivity contribution is 0.0694. The number of aromatic nitrogens is 1. The highest BCUT2D eigenvalue weighted by atomic mass is 32.2. The average molecular weight is 453 g/mol. The number of aromatic carboxylic acids is 1. The highest BCUT2D eigenvalue weighted by Gasteiger charge is 2.42. The summed E-state index contributed by atoms with van der Waals surface area (Å²) in [5.41, 5.74) is 0.251. The fourth-order valence-corrected chi connectivity index (χ4v) is 4.55. The number of carboxylic acids is 1. The number of rotatable bonds is 3. The minimum absolute atomic E-state index is 0.152. The Morgan fingerprint density at radius 2 is 1.81 bits per heavy atom. The summed E-state index contributed by atoms with van der Waals surface area (Å²) in [6.45, 7) is 1.69. The van der Waals surface area contributed by atoms with Gasteiger partial charge in [-0.05, 0) is 38.4 Å². The molecule has 11 heteroatoms. The van der Waals surface area contributed by atoms with Crippen LogP contribution in [0.25, 0.3) is 10.9 Å². The van der Waals surface area contributed by atoms with E-state index >= 15 is 0 Å². The second-order valence-corrected chi connectivity index (χ2v) is 9.97. The van der Waals surface area contributed by atoms with E-state index in [0.29, 0.717) is 23.5 Å². The smallest absolute Gasteiger partial charge is 0.341 e. The number of anilines is 1. The number of benzene rings is 1. The van der Waals surface area contributed by atoms with Crippen molar-refractivity contribution in [3.05, 3.63) is 39.9 Å². The van der Waals surface area contributed by atoms with E-state index in [9.17, 15) is 27.5 Å². The van der Waals surface area contributed by atoms with Crippen molar-refractivity contribution in [1.82, 2.24) is 9.47 Å². The van der Waals surface area contributed by atoms with Crippen LogP contribution in [0, 0.1) is 5.82 Å². The first kappa shape index (κ1) is 21.7. The zero-order chi connectivity index (χ0) is 22.7. The van der Waals surface area contributed by atoms with Gasteiger partial charge in [0.2, 0.25) is 5.43 Å². The average Bonchev–Trinajstić information content (AvgIpc) is 3.32. The van der Waals surface area contributed by atoms with Gasteiger partial charge < -0.3 is 14.6 Å². The third kappa shape index (κ3) is 4.30. The van der Waals surface area contributed by atoms with Crippen LogP contribution in [-0.2, 0) is 10.1 Å². The second-order valence-electron chi connectivity index (χ2n) is 8.50. The summed E-state index contributed by atoms with van der Waals surface area (Å²) in [5.74, 6) is -1.72. The number of hydrogen-bond donors (Lipinski definition) is 2. The number of piperazine rings is 1. The molecule has 3 aliphatic rings. The molecule has 0 amide bonds. The van der Waals surface area contributed by atoms with Crippen LogP contribution in [0.15, 0.2) is 23.1 Å². The lowest BCUT2D eigenvalue weighted by Gasteiger charge is -2.34. The van der Waals surface area contributed by atoms with Gasteiger partial charge in [-0.2, -0.15) is 8.42 Å². The molecule has 2 saturated heterocycles. The normalized spacial score (nSPS) is 23.2. The molecule has 0 radical (unpaired) electrons. The number of halogens is 1. The topological polar surface area (TPSA) is 120 Å². The summed E-state index contributed by atoms with van der Waals surface area (Å²) in [7, 11) is -1.57. The van der Waals surface area contributed by atoms with Gasteiger partial charge in [0.05, 0.1) is 17.5 Å². The van der Waals surface area contributed by atoms with E-state index in [0.717, 1.165) is 32.4 Å². The van der Waals surface area contributed by atoms with Crippen LogP contribution in [0.5, 0.6) is 0 Å². The fourth-order valence-electron chi connectivity index (χ4n) is 4.55. The van der Waals surface area contributed by atoms with Crippen LogP contribution >= 0.6 is 0 Å². The highest BCUT2D eigenvalue weighted by Crippen LogP contribution is 2.40. The quantitative estimate of drug-likeness (QED) is 0.672. The number of likely N-dealkylation sites (N-methyl/N-ethyl adjacent to an activating group) is 1. The first-order valence-corrected chi connectivity index (χ1v) is 11.8. The third-order valence-electron chi connectivity index (χ3n) is 6.10. The minimum Gasteiger partial charge on any atom is -0.477 e. The number of likely N-dealkylation sites (tertiary alicyclic amines) is 1. The number of fused-ring (bicyclic) bond motifs is 3. The number of carboxylic acid groups (broad SMARTS) is 1. The Labute approximate surface area is 178 Å². The monoisotopic (exact) mass is 453 g/mol. The van der Waals surface area contributed by atoms with Gasteiger partial charge in [-0.3, -0.25) is 14.2 Å². The van der Waals surface area contributed by atoms with Gasteiger partial charge in [0, 0.05) is 42.8 Å². The molecule has 2 bridgehead atoms. The van der Waals surface area contributed by atoms with Gasteiger partial charge in [-0.1, -0.05) is 0 Å². The molecule has 3 fully saturated rings. The van der Waals surface area contributed by atoms with Gasteiger partial charge in [0.25, 0.3) is 10.1 Å². The van der Waals surface area contributed by atoms with Crippen LogP contribution in [0.4, 0.5) is 10.1 Å². The van der Waals surface area contributed by atoms with E-state index in [1.54, 1.807) is 6.07 Å². The Balaban J connectivity index is 0.000000418. The lowest BCUT2D eigenvalue weighted by atomic mass is 10.1. The van der Waals surface area contributed by atoms with Crippen molar-refractivity contribution >= 4 is 32.7 Å². The van der Waals surface area contributed by atoms with Crippen molar-refractivity contribution < 1.29 is 27.3 Å². The zero-order valence-electron chi connectivity index (χ0n) is 17.2. The molecular formula is C20H24FN3O6S. The van der Waals surface area contributed by atoms with E-state index in [-0.39, 0.29) is 23.0 Å². The SMILES string of the molecule is CN1C[C@@H]2C[C@H]1CN2c1cc2c(cc1F)c(=O)c(C(=O)O)cn2C1CC1.CS(=O)(=O)O. The van der Waals surface area contributed by atoms with Crippen LogP contribution in [0.1, 0.15) is 35.7 Å². The van der Waals surface area contributed by atoms with Gasteiger partial charge in [0.15, 0.2) is 0 Å². The van der Waals surface area contributed by atoms with Crippen molar-refractivity contribution in [2.45, 2.75) is 37.4 Å². The summed E-state index contributed by atoms with van der Waals surface area (Å²) in [6, 6.07) is 3.90. The Morgan fingerprint density at radius 1 is 1.16 bits per heavy atom. The predicted molar refractivity (Wildman–Crippen MR) is 113 cm³/mol. The van der Waals surface area contributed by atoms with Crippen LogP contribution in [0.3, 0.4) is 0 Å². The van der Waals surface area contributed by atoms with E-state index in [2.05, 4.69) is 16.8 Å². The molecule has 3 heterocycles. The van der Waals surface area contributed by atoms with Crippen LogP contribution < -0.4 is 10.3 Å². The number of nitrogens with zero attached hydrogens (tertiary/aromatic N) is 3. The molecule has 2 aromatic rings. The molecule has 2 aliphatic heterocycles. The van der Waals surface area contributed by atoms with E-state index < -0.39 is 27.3 Å². The van der Waals surface area contributed by atoms with Gasteiger partial charge in [0.1, 0.15) is 11.4 Å². The maximum Gasteiger partial charge on any atom is 0.341 e. The molecule has 1 aromatic carbocycles. The fraction of sp³-hybridized carbons (Fsp3) is 0.500. The predicted octanol–water partition coefficient (Wildman–Crippen LogP) is 1.57. The zero-order valence-corrected chi connectivity index (χ0v) is 18.0. The van der Waals surface area contributed by atoms with Crippen LogP contribution in [0.2, 0.25) is 0 Å². The number of carbonyl (C=O) groups is 1. The standard InChI is InChI=1S/C19H20FN3O3.CH4O3S/c1-21-7-12-4-11(21)8-22(12)17-6-16-13(5-15(17)20)18(24)14(19(25)26)9-23(16)10-2-3-10;1-5(2,3)4/h5-6,9-12H,2-4,7-8H2,1H3,(H,25,26);1H3,(H,2,3,4)/t11-,12-;/m0./s1. The summed E-state index contributed by atoms with van der Waals surface area (Å²) >= 11 is 0. The highest BCUT2D eigenvalue weighted by molar-refractivity contribution is 7.85. The summed E-state index contributed by atoms with van der Waals surface area (Å²) in [6.07, 6.45) is 5.07. The number of pyridine rings is 1. The molecule has 31 heavy (non-hydrogen) atoms. The van der Waals surface area contributed by atoms with E-state index in [1.165, 1.54) is 12.3 Å².